The van der Waals surface area contributed by atoms with Gasteiger partial charge in [-0.25, -0.2) is 9.18 Å². The normalized spacial score (nSPS) is 13.9. The third-order valence-corrected chi connectivity index (χ3v) is 4.63. The molecule has 0 bridgehead atoms. The molecule has 1 fully saturated rings. The Morgan fingerprint density at radius 3 is 2.36 bits per heavy atom. The molecule has 0 saturated carbocycles. The number of benzene rings is 2. The van der Waals surface area contributed by atoms with Crippen LogP contribution in [0.1, 0.15) is 12.5 Å². The van der Waals surface area contributed by atoms with Crippen LogP contribution in [0.3, 0.4) is 0 Å². The van der Waals surface area contributed by atoms with E-state index in [-0.39, 0.29) is 24.2 Å². The SMILES string of the molecule is CCOC(=O)N1CCN(c2ccc(NC(=O)Cc3ccccc3F)cc2)CC1. The summed E-state index contributed by atoms with van der Waals surface area (Å²) in [5.74, 6) is -0.643. The van der Waals surface area contributed by atoms with Gasteiger partial charge < -0.3 is 19.9 Å². The van der Waals surface area contributed by atoms with E-state index in [2.05, 4.69) is 10.2 Å². The number of hydrogen-bond acceptors (Lipinski definition) is 4. The van der Waals surface area contributed by atoms with Crippen molar-refractivity contribution in [2.45, 2.75) is 13.3 Å². The lowest BCUT2D eigenvalue weighted by Crippen LogP contribution is -2.49. The van der Waals surface area contributed by atoms with Gasteiger partial charge >= 0.3 is 6.09 Å². The van der Waals surface area contributed by atoms with Crippen LogP contribution in [0.25, 0.3) is 0 Å². The average Bonchev–Trinajstić information content (AvgIpc) is 2.71. The van der Waals surface area contributed by atoms with Crippen molar-refractivity contribution in [3.05, 3.63) is 59.9 Å². The highest BCUT2D eigenvalue weighted by atomic mass is 19.1. The lowest BCUT2D eigenvalue weighted by molar-refractivity contribution is -0.115. The molecule has 2 aromatic rings. The number of nitrogens with one attached hydrogen (secondary N) is 1. The van der Waals surface area contributed by atoms with Crippen molar-refractivity contribution in [2.75, 3.05) is 43.0 Å². The highest BCUT2D eigenvalue weighted by Crippen LogP contribution is 2.20. The maximum absolute atomic E-state index is 13.7. The molecule has 0 atom stereocenters. The van der Waals surface area contributed by atoms with Gasteiger partial charge in [0.25, 0.3) is 0 Å². The number of rotatable bonds is 5. The molecule has 1 saturated heterocycles. The van der Waals surface area contributed by atoms with Crippen molar-refractivity contribution >= 4 is 23.4 Å². The van der Waals surface area contributed by atoms with Gasteiger partial charge in [-0.3, -0.25) is 4.79 Å². The van der Waals surface area contributed by atoms with E-state index in [1.807, 2.05) is 24.3 Å². The summed E-state index contributed by atoms with van der Waals surface area (Å²) in [5, 5.41) is 2.79. The van der Waals surface area contributed by atoms with E-state index in [1.54, 1.807) is 30.0 Å². The Kier molecular flexibility index (Phi) is 6.47. The Morgan fingerprint density at radius 2 is 1.71 bits per heavy atom. The Morgan fingerprint density at radius 1 is 1.04 bits per heavy atom. The molecule has 1 aliphatic heterocycles. The fourth-order valence-corrected chi connectivity index (χ4v) is 3.14. The average molecular weight is 385 g/mol. The van der Waals surface area contributed by atoms with Crippen LogP contribution >= 0.6 is 0 Å². The van der Waals surface area contributed by atoms with E-state index >= 15 is 0 Å². The molecule has 28 heavy (non-hydrogen) atoms. The smallest absolute Gasteiger partial charge is 0.409 e. The second-order valence-electron chi connectivity index (χ2n) is 6.54. The molecule has 6 nitrogen and oxygen atoms in total. The maximum Gasteiger partial charge on any atom is 0.409 e. The van der Waals surface area contributed by atoms with Gasteiger partial charge in [-0.15, -0.1) is 0 Å². The number of hydrogen-bond donors (Lipinski definition) is 1. The van der Waals surface area contributed by atoms with Crippen molar-refractivity contribution in [1.82, 2.24) is 4.90 Å². The molecule has 3 rings (SSSR count). The number of carbonyl (C=O) groups is 2. The zero-order valence-electron chi connectivity index (χ0n) is 15.9. The molecule has 0 aliphatic carbocycles. The third-order valence-electron chi connectivity index (χ3n) is 4.63. The molecule has 1 heterocycles. The standard InChI is InChI=1S/C21H24FN3O3/c1-2-28-21(27)25-13-11-24(12-14-25)18-9-7-17(8-10-18)23-20(26)15-16-5-3-4-6-19(16)22/h3-10H,2,11-15H2,1H3,(H,23,26). The van der Waals surface area contributed by atoms with E-state index in [1.165, 1.54) is 6.07 Å². The van der Waals surface area contributed by atoms with Gasteiger partial charge in [0.05, 0.1) is 13.0 Å². The van der Waals surface area contributed by atoms with Crippen molar-refractivity contribution in [1.29, 1.82) is 0 Å². The van der Waals surface area contributed by atoms with Crippen LogP contribution in [0, 0.1) is 5.82 Å². The van der Waals surface area contributed by atoms with Gasteiger partial charge in [0.2, 0.25) is 5.91 Å². The minimum absolute atomic E-state index is 0.00968. The summed E-state index contributed by atoms with van der Waals surface area (Å²) >= 11 is 0. The highest BCUT2D eigenvalue weighted by Gasteiger charge is 2.22. The van der Waals surface area contributed by atoms with Crippen LogP contribution in [0.4, 0.5) is 20.6 Å². The summed E-state index contributed by atoms with van der Waals surface area (Å²) < 4.78 is 18.7. The van der Waals surface area contributed by atoms with E-state index in [9.17, 15) is 14.0 Å². The molecule has 1 aliphatic rings. The summed E-state index contributed by atoms with van der Waals surface area (Å²) in [6.45, 7) is 4.84. The molecule has 0 unspecified atom stereocenters. The zero-order chi connectivity index (χ0) is 19.9. The van der Waals surface area contributed by atoms with E-state index in [0.29, 0.717) is 30.9 Å². The topological polar surface area (TPSA) is 61.9 Å². The van der Waals surface area contributed by atoms with Gasteiger partial charge in [0.1, 0.15) is 5.82 Å². The number of amides is 2. The van der Waals surface area contributed by atoms with Crippen molar-refractivity contribution in [3.63, 3.8) is 0 Å². The molecule has 7 heteroatoms. The fraction of sp³-hybridized carbons (Fsp3) is 0.333. The van der Waals surface area contributed by atoms with E-state index in [0.717, 1.165) is 18.8 Å². The minimum Gasteiger partial charge on any atom is -0.450 e. The molecule has 2 aromatic carbocycles. The number of carbonyl (C=O) groups excluding carboxylic acids is 2. The summed E-state index contributed by atoms with van der Waals surface area (Å²) in [7, 11) is 0. The molecular weight excluding hydrogens is 361 g/mol. The van der Waals surface area contributed by atoms with E-state index in [4.69, 9.17) is 4.74 Å². The van der Waals surface area contributed by atoms with Gasteiger partial charge in [0, 0.05) is 37.6 Å². The Bertz CT molecular complexity index is 818. The first-order chi connectivity index (χ1) is 13.6. The van der Waals surface area contributed by atoms with Crippen LogP contribution < -0.4 is 10.2 Å². The van der Waals surface area contributed by atoms with Gasteiger partial charge in [0.15, 0.2) is 0 Å². The molecule has 0 radical (unpaired) electrons. The quantitative estimate of drug-likeness (QED) is 0.858. The second kappa shape index (κ2) is 9.21. The molecule has 0 spiro atoms. The van der Waals surface area contributed by atoms with Crippen LogP contribution in [-0.2, 0) is 16.0 Å². The largest absolute Gasteiger partial charge is 0.450 e. The molecule has 1 N–H and O–H groups in total. The maximum atomic E-state index is 13.7. The van der Waals surface area contributed by atoms with Crippen LogP contribution in [0.5, 0.6) is 0 Å². The molecule has 2 amide bonds. The Labute approximate surface area is 163 Å². The Hall–Kier alpha value is -3.09. The van der Waals surface area contributed by atoms with Gasteiger partial charge in [-0.2, -0.15) is 0 Å². The number of nitrogens with zero attached hydrogens (tertiary/aromatic N) is 2. The number of anilines is 2. The van der Waals surface area contributed by atoms with Crippen LogP contribution in [-0.4, -0.2) is 49.7 Å². The van der Waals surface area contributed by atoms with Gasteiger partial charge in [-0.1, -0.05) is 18.2 Å². The predicted octanol–water partition coefficient (Wildman–Crippen LogP) is 3.29. The summed E-state index contributed by atoms with van der Waals surface area (Å²) in [4.78, 5) is 27.8. The fourth-order valence-electron chi connectivity index (χ4n) is 3.14. The van der Waals surface area contributed by atoms with Crippen molar-refractivity contribution < 1.29 is 18.7 Å². The first-order valence-electron chi connectivity index (χ1n) is 9.37. The minimum atomic E-state index is -0.380. The molecule has 0 aromatic heterocycles. The second-order valence-corrected chi connectivity index (χ2v) is 6.54. The van der Waals surface area contributed by atoms with Crippen LogP contribution in [0.2, 0.25) is 0 Å². The van der Waals surface area contributed by atoms with Crippen molar-refractivity contribution in [3.8, 4) is 0 Å². The highest BCUT2D eigenvalue weighted by molar-refractivity contribution is 5.92. The summed E-state index contributed by atoms with van der Waals surface area (Å²) in [6.07, 6.45) is -0.278. The Balaban J connectivity index is 1.52. The molecule has 148 valence electrons. The first kappa shape index (κ1) is 19.7. The lowest BCUT2D eigenvalue weighted by atomic mass is 10.1. The summed E-state index contributed by atoms with van der Waals surface area (Å²) in [5.41, 5.74) is 2.06. The molecular formula is C21H24FN3O3. The number of ether oxygens (including phenoxy) is 1. The summed E-state index contributed by atoms with van der Waals surface area (Å²) in [6, 6.07) is 13.8. The zero-order valence-corrected chi connectivity index (χ0v) is 15.9. The van der Waals surface area contributed by atoms with Gasteiger partial charge in [-0.05, 0) is 42.8 Å². The first-order valence-corrected chi connectivity index (χ1v) is 9.37. The third kappa shape index (κ3) is 5.00. The van der Waals surface area contributed by atoms with E-state index < -0.39 is 0 Å². The number of halogens is 1. The van der Waals surface area contributed by atoms with Crippen molar-refractivity contribution in [2.24, 2.45) is 0 Å². The predicted molar refractivity (Wildman–Crippen MR) is 106 cm³/mol. The monoisotopic (exact) mass is 385 g/mol. The van der Waals surface area contributed by atoms with Crippen LogP contribution in [0.15, 0.2) is 48.5 Å². The lowest BCUT2D eigenvalue weighted by Gasteiger charge is -2.35. The number of piperazine rings is 1.